The Labute approximate surface area is 272 Å². The topological polar surface area (TPSA) is 51.6 Å². The van der Waals surface area contributed by atoms with E-state index >= 15 is 0 Å². The number of pyridine rings is 4. The van der Waals surface area contributed by atoms with E-state index in [9.17, 15) is 0 Å². The van der Waals surface area contributed by atoms with Crippen molar-refractivity contribution < 1.29 is 20.1 Å². The Morgan fingerprint density at radius 3 is 1.91 bits per heavy atom. The van der Waals surface area contributed by atoms with Crippen molar-refractivity contribution >= 4 is 10.8 Å². The van der Waals surface area contributed by atoms with Crippen molar-refractivity contribution in [1.82, 2.24) is 19.9 Å². The van der Waals surface area contributed by atoms with Crippen molar-refractivity contribution in [2.24, 2.45) is 0 Å². The van der Waals surface area contributed by atoms with E-state index < -0.39 is 0 Å². The molecule has 3 aromatic carbocycles. The Bertz CT molecular complexity index is 2010. The van der Waals surface area contributed by atoms with Gasteiger partial charge in [0.05, 0.1) is 0 Å². The molecule has 4 heterocycles. The number of benzene rings is 3. The first-order chi connectivity index (χ1) is 21.1. The molecule has 7 aromatic rings. The van der Waals surface area contributed by atoms with E-state index in [0.29, 0.717) is 0 Å². The molecule has 0 bridgehead atoms. The zero-order chi connectivity index (χ0) is 29.6. The number of hydrogen-bond acceptors (Lipinski definition) is 4. The Morgan fingerprint density at radius 2 is 1.23 bits per heavy atom. The van der Waals surface area contributed by atoms with Crippen molar-refractivity contribution in [3.8, 4) is 44.8 Å². The van der Waals surface area contributed by atoms with Crippen LogP contribution in [0.25, 0.3) is 55.5 Å². The molecule has 217 valence electrons. The molecule has 5 heteroatoms. The van der Waals surface area contributed by atoms with Gasteiger partial charge in [0.15, 0.2) is 0 Å². The zero-order valence-electron chi connectivity index (χ0n) is 24.7. The summed E-state index contributed by atoms with van der Waals surface area (Å²) in [5, 5.41) is 2.31. The first kappa shape index (κ1) is 30.6. The molecule has 4 nitrogen and oxygen atoms in total. The van der Waals surface area contributed by atoms with Gasteiger partial charge in [-0.25, -0.2) is 0 Å². The molecule has 0 N–H and O–H groups in total. The minimum absolute atomic E-state index is 0. The Morgan fingerprint density at radius 1 is 0.545 bits per heavy atom. The van der Waals surface area contributed by atoms with Gasteiger partial charge in [-0.1, -0.05) is 47.9 Å². The van der Waals surface area contributed by atoms with Crippen LogP contribution in [0.3, 0.4) is 0 Å². The Balaban J connectivity index is 0.000000230. The van der Waals surface area contributed by atoms with E-state index in [1.165, 1.54) is 33.2 Å². The molecule has 0 amide bonds. The largest absolute Gasteiger partial charge is 0.305 e. The molecule has 0 aliphatic heterocycles. The molecule has 0 fully saturated rings. The number of aryl methyl sites for hydroxylation is 3. The van der Waals surface area contributed by atoms with Gasteiger partial charge >= 0.3 is 0 Å². The van der Waals surface area contributed by atoms with Crippen LogP contribution >= 0.6 is 0 Å². The molecular weight excluding hydrogens is 717 g/mol. The van der Waals surface area contributed by atoms with E-state index in [1.807, 2.05) is 91.8 Å². The summed E-state index contributed by atoms with van der Waals surface area (Å²) in [4.78, 5) is 17.4. The van der Waals surface area contributed by atoms with Gasteiger partial charge in [0.25, 0.3) is 0 Å². The fourth-order valence-corrected chi connectivity index (χ4v) is 5.13. The average molecular weight is 747 g/mol. The third-order valence-electron chi connectivity index (χ3n) is 7.35. The van der Waals surface area contributed by atoms with Gasteiger partial charge in [-0.05, 0) is 77.6 Å². The van der Waals surface area contributed by atoms with E-state index in [0.717, 1.165) is 39.0 Å². The normalized spacial score (nSPS) is 10.4. The van der Waals surface area contributed by atoms with E-state index in [4.69, 9.17) is 0 Å². The summed E-state index contributed by atoms with van der Waals surface area (Å²) in [6, 6.07) is 37.3. The minimum atomic E-state index is 0. The predicted molar refractivity (Wildman–Crippen MR) is 175 cm³/mol. The zero-order valence-corrected chi connectivity index (χ0v) is 27.1. The van der Waals surface area contributed by atoms with Crippen LogP contribution in [0.4, 0.5) is 0 Å². The maximum absolute atomic E-state index is 4.54. The molecule has 44 heavy (non-hydrogen) atoms. The van der Waals surface area contributed by atoms with Gasteiger partial charge in [0, 0.05) is 62.7 Å². The summed E-state index contributed by atoms with van der Waals surface area (Å²) in [5.41, 5.74) is 12.2. The number of fused-ring (bicyclic) bond motifs is 1. The van der Waals surface area contributed by atoms with E-state index in [2.05, 4.69) is 89.2 Å². The van der Waals surface area contributed by atoms with Crippen LogP contribution in [0.2, 0.25) is 0 Å². The van der Waals surface area contributed by atoms with Gasteiger partial charge in [0.1, 0.15) is 0 Å². The maximum Gasteiger partial charge on any atom is 0.0352 e. The number of aromatic nitrogens is 4. The summed E-state index contributed by atoms with van der Waals surface area (Å²) in [5.74, 6) is 0. The van der Waals surface area contributed by atoms with E-state index in [1.54, 1.807) is 0 Å². The number of nitrogens with zero attached hydrogens (tertiary/aromatic N) is 4. The summed E-state index contributed by atoms with van der Waals surface area (Å²) < 4.78 is 0. The first-order valence-corrected chi connectivity index (χ1v) is 14.2. The van der Waals surface area contributed by atoms with Crippen LogP contribution < -0.4 is 0 Å². The van der Waals surface area contributed by atoms with Crippen molar-refractivity contribution in [3.05, 3.63) is 157 Å². The van der Waals surface area contributed by atoms with Crippen molar-refractivity contribution in [1.29, 1.82) is 0 Å². The minimum Gasteiger partial charge on any atom is -0.305 e. The summed E-state index contributed by atoms with van der Waals surface area (Å²) in [6.45, 7) is 6.27. The quantitative estimate of drug-likeness (QED) is 0.169. The van der Waals surface area contributed by atoms with Crippen LogP contribution in [0.15, 0.2) is 128 Å². The fraction of sp³-hybridized carbons (Fsp3) is 0.0769. The molecule has 0 spiro atoms. The predicted octanol–water partition coefficient (Wildman–Crippen LogP) is 9.30. The number of hydrogen-bond donors (Lipinski definition) is 0. The van der Waals surface area contributed by atoms with Crippen LogP contribution in [-0.2, 0) is 20.1 Å². The van der Waals surface area contributed by atoms with Crippen LogP contribution in [0, 0.1) is 32.9 Å². The molecule has 1 radical (unpaired) electrons. The van der Waals surface area contributed by atoms with E-state index in [-0.39, 0.29) is 20.1 Å². The second-order valence-corrected chi connectivity index (χ2v) is 10.5. The fourth-order valence-electron chi connectivity index (χ4n) is 5.13. The van der Waals surface area contributed by atoms with Crippen LogP contribution in [0.1, 0.15) is 16.7 Å². The van der Waals surface area contributed by atoms with Crippen LogP contribution in [-0.4, -0.2) is 19.9 Å². The van der Waals surface area contributed by atoms with Crippen LogP contribution in [0.5, 0.6) is 0 Å². The van der Waals surface area contributed by atoms with Crippen molar-refractivity contribution in [2.45, 2.75) is 20.8 Å². The van der Waals surface area contributed by atoms with Crippen molar-refractivity contribution in [2.75, 3.05) is 0 Å². The van der Waals surface area contributed by atoms with Gasteiger partial charge in [-0.2, -0.15) is 0 Å². The SMILES string of the molecule is Cc1ccnc(-c2[c-]cc(C)c(-c3ccc(-c4ccncc4)c4ccncc34)c2)c1.Cc1ccnc(-c2[c-]cccc2)c1.[Ir]. The van der Waals surface area contributed by atoms with Gasteiger partial charge in [0.2, 0.25) is 0 Å². The second-order valence-electron chi connectivity index (χ2n) is 10.5. The summed E-state index contributed by atoms with van der Waals surface area (Å²) >= 11 is 0. The Kier molecular flexibility index (Phi) is 9.81. The monoisotopic (exact) mass is 747 g/mol. The molecular formula is C39H30IrN4-2. The third-order valence-corrected chi connectivity index (χ3v) is 7.35. The molecule has 0 unspecified atom stereocenters. The van der Waals surface area contributed by atoms with Gasteiger partial charge in [-0.15, -0.1) is 65.2 Å². The van der Waals surface area contributed by atoms with Gasteiger partial charge < -0.3 is 9.97 Å². The molecule has 4 aromatic heterocycles. The molecule has 0 atom stereocenters. The molecule has 0 saturated heterocycles. The van der Waals surface area contributed by atoms with Gasteiger partial charge in [-0.3, -0.25) is 9.97 Å². The molecule has 0 aliphatic carbocycles. The molecule has 7 rings (SSSR count). The van der Waals surface area contributed by atoms with Crippen molar-refractivity contribution in [3.63, 3.8) is 0 Å². The summed E-state index contributed by atoms with van der Waals surface area (Å²) in [6.07, 6.45) is 11.1. The first-order valence-electron chi connectivity index (χ1n) is 14.2. The Hall–Kier alpha value is -4.83. The third kappa shape index (κ3) is 6.86. The second kappa shape index (κ2) is 14.1. The molecule has 0 saturated carbocycles. The maximum atomic E-state index is 4.54. The smallest absolute Gasteiger partial charge is 0.0352 e. The number of rotatable bonds is 4. The summed E-state index contributed by atoms with van der Waals surface area (Å²) in [7, 11) is 0. The molecule has 0 aliphatic rings. The standard InChI is InChI=1S/C27H20N3.C12H10N.Ir/c1-18-7-14-30-27(15-18)21-4-3-19(2)25(16-21)23-6-5-22(20-8-11-28-12-9-20)24-10-13-29-17-26(23)24;1-10-7-8-13-12(9-10)11-5-3-2-4-6-11;/h3,5-17H,1-2H3;2-5,7-9H,1H3;/q2*-1;. The average Bonchev–Trinajstić information content (AvgIpc) is 3.06.